The van der Waals surface area contributed by atoms with Gasteiger partial charge in [0, 0.05) is 16.0 Å². The van der Waals surface area contributed by atoms with Gasteiger partial charge in [0.25, 0.3) is 5.91 Å². The van der Waals surface area contributed by atoms with Crippen LogP contribution in [-0.4, -0.2) is 32.7 Å². The van der Waals surface area contributed by atoms with Crippen LogP contribution in [0.5, 0.6) is 11.5 Å². The second-order valence-corrected chi connectivity index (χ2v) is 7.71. The number of aryl methyl sites for hydroxylation is 1. The minimum atomic E-state index is -0.561. The Bertz CT molecular complexity index is 1110. The van der Waals surface area contributed by atoms with Crippen molar-refractivity contribution in [3.8, 4) is 22.6 Å². The van der Waals surface area contributed by atoms with E-state index in [1.165, 1.54) is 37.7 Å². The topological polar surface area (TPSA) is 73.9 Å². The molecule has 0 radical (unpaired) electrons. The molecule has 3 rings (SSSR count). The third-order valence-electron chi connectivity index (χ3n) is 4.57. The van der Waals surface area contributed by atoms with Crippen LogP contribution >= 0.6 is 11.3 Å². The fourth-order valence-electron chi connectivity index (χ4n) is 3.15. The lowest BCUT2D eigenvalue weighted by Crippen LogP contribution is -2.15. The molecule has 0 saturated carbocycles. The van der Waals surface area contributed by atoms with Gasteiger partial charge in [-0.05, 0) is 49.7 Å². The molecule has 1 amide bonds. The molecule has 0 unspecified atom stereocenters. The summed E-state index contributed by atoms with van der Waals surface area (Å²) in [6.45, 7) is 3.72. The van der Waals surface area contributed by atoms with Crippen molar-refractivity contribution in [2.75, 3.05) is 26.1 Å². The summed E-state index contributed by atoms with van der Waals surface area (Å²) in [6.07, 6.45) is 0. The molecule has 2 aromatic carbocycles. The predicted octanol–water partition coefficient (Wildman–Crippen LogP) is 5.31. The Morgan fingerprint density at radius 2 is 1.71 bits per heavy atom. The largest absolute Gasteiger partial charge is 0.493 e. The number of methoxy groups -OCH3 is 2. The molecule has 8 heteroatoms. The van der Waals surface area contributed by atoms with Gasteiger partial charge in [0.2, 0.25) is 0 Å². The van der Waals surface area contributed by atoms with Crippen molar-refractivity contribution in [1.82, 2.24) is 0 Å². The van der Waals surface area contributed by atoms with Crippen LogP contribution in [-0.2, 0) is 4.74 Å². The number of benzene rings is 2. The average molecular weight is 443 g/mol. The average Bonchev–Trinajstić information content (AvgIpc) is 3.09. The smallest absolute Gasteiger partial charge is 0.341 e. The highest BCUT2D eigenvalue weighted by atomic mass is 32.1. The van der Waals surface area contributed by atoms with E-state index >= 15 is 0 Å². The number of carbonyl (C=O) groups excluding carboxylic acids is 2. The van der Waals surface area contributed by atoms with E-state index in [0.29, 0.717) is 33.2 Å². The molecule has 1 N–H and O–H groups in total. The third-order valence-corrected chi connectivity index (χ3v) is 5.59. The van der Waals surface area contributed by atoms with Crippen LogP contribution < -0.4 is 14.8 Å². The van der Waals surface area contributed by atoms with Crippen molar-refractivity contribution < 1.29 is 28.2 Å². The SMILES string of the molecule is CCOC(=O)c1c(NC(=O)c2ccc(OC)c(OC)c2)sc(C)c1-c1ccc(F)cc1. The number of halogens is 1. The van der Waals surface area contributed by atoms with Crippen molar-refractivity contribution in [1.29, 1.82) is 0 Å². The van der Waals surface area contributed by atoms with Crippen molar-refractivity contribution in [3.05, 3.63) is 64.3 Å². The van der Waals surface area contributed by atoms with Crippen LogP contribution in [0.15, 0.2) is 42.5 Å². The highest BCUT2D eigenvalue weighted by Crippen LogP contribution is 2.41. The summed E-state index contributed by atoms with van der Waals surface area (Å²) >= 11 is 1.25. The number of hydrogen-bond acceptors (Lipinski definition) is 6. The standard InChI is InChI=1S/C23H22FNO5S/c1-5-30-23(27)20-19(14-6-9-16(24)10-7-14)13(2)31-22(20)25-21(26)15-8-11-17(28-3)18(12-15)29-4/h6-12H,5H2,1-4H3,(H,25,26). The molecular formula is C23H22FNO5S. The molecular weight excluding hydrogens is 421 g/mol. The quantitative estimate of drug-likeness (QED) is 0.501. The van der Waals surface area contributed by atoms with Gasteiger partial charge in [0.1, 0.15) is 16.4 Å². The van der Waals surface area contributed by atoms with E-state index in [1.54, 1.807) is 37.3 Å². The molecule has 0 aliphatic heterocycles. The van der Waals surface area contributed by atoms with Gasteiger partial charge < -0.3 is 19.5 Å². The molecule has 0 atom stereocenters. The number of anilines is 1. The van der Waals surface area contributed by atoms with Crippen LogP contribution in [0, 0.1) is 12.7 Å². The molecule has 0 aliphatic carbocycles. The Morgan fingerprint density at radius 1 is 1.03 bits per heavy atom. The number of rotatable bonds is 7. The molecule has 0 fully saturated rings. The Kier molecular flexibility index (Phi) is 6.91. The number of esters is 1. The molecule has 162 valence electrons. The van der Waals surface area contributed by atoms with Gasteiger partial charge in [-0.25, -0.2) is 9.18 Å². The monoisotopic (exact) mass is 443 g/mol. The van der Waals surface area contributed by atoms with Crippen LogP contribution in [0.3, 0.4) is 0 Å². The van der Waals surface area contributed by atoms with E-state index in [0.717, 1.165) is 4.88 Å². The van der Waals surface area contributed by atoms with Gasteiger partial charge in [-0.3, -0.25) is 4.79 Å². The van der Waals surface area contributed by atoms with Gasteiger partial charge in [0.05, 0.1) is 20.8 Å². The Hall–Kier alpha value is -3.39. The minimum absolute atomic E-state index is 0.180. The zero-order chi connectivity index (χ0) is 22.5. The predicted molar refractivity (Wildman–Crippen MR) is 118 cm³/mol. The van der Waals surface area contributed by atoms with E-state index in [1.807, 2.05) is 6.92 Å². The summed E-state index contributed by atoms with van der Waals surface area (Å²) in [4.78, 5) is 26.5. The Labute approximate surface area is 183 Å². The lowest BCUT2D eigenvalue weighted by molar-refractivity contribution is 0.0529. The highest BCUT2D eigenvalue weighted by Gasteiger charge is 2.26. The van der Waals surface area contributed by atoms with Crippen LogP contribution in [0.25, 0.3) is 11.1 Å². The molecule has 6 nitrogen and oxygen atoms in total. The fourth-order valence-corrected chi connectivity index (χ4v) is 4.21. The normalized spacial score (nSPS) is 10.5. The Balaban J connectivity index is 2.03. The summed E-state index contributed by atoms with van der Waals surface area (Å²) in [5.74, 6) is -0.449. The molecule has 1 aromatic heterocycles. The van der Waals surface area contributed by atoms with Crippen LogP contribution in [0.1, 0.15) is 32.5 Å². The molecule has 1 heterocycles. The number of hydrogen-bond donors (Lipinski definition) is 1. The first-order valence-corrected chi connectivity index (χ1v) is 10.3. The minimum Gasteiger partial charge on any atom is -0.493 e. The van der Waals surface area contributed by atoms with E-state index < -0.39 is 11.9 Å². The second kappa shape index (κ2) is 9.61. The van der Waals surface area contributed by atoms with E-state index in [4.69, 9.17) is 14.2 Å². The van der Waals surface area contributed by atoms with Gasteiger partial charge in [-0.15, -0.1) is 11.3 Å². The Morgan fingerprint density at radius 3 is 2.32 bits per heavy atom. The van der Waals surface area contributed by atoms with Gasteiger partial charge in [-0.2, -0.15) is 0 Å². The summed E-state index contributed by atoms with van der Waals surface area (Å²) < 4.78 is 29.1. The second-order valence-electron chi connectivity index (χ2n) is 6.49. The number of amides is 1. The summed E-state index contributed by atoms with van der Waals surface area (Å²) in [5.41, 5.74) is 1.84. The fraction of sp³-hybridized carbons (Fsp3) is 0.217. The van der Waals surface area contributed by atoms with Crippen LogP contribution in [0.4, 0.5) is 9.39 Å². The maximum absolute atomic E-state index is 13.4. The molecule has 0 aliphatic rings. The van der Waals surface area contributed by atoms with Gasteiger partial charge in [-0.1, -0.05) is 12.1 Å². The number of thiophene rings is 1. The van der Waals surface area contributed by atoms with Crippen molar-refractivity contribution >= 4 is 28.2 Å². The highest BCUT2D eigenvalue weighted by molar-refractivity contribution is 7.17. The molecule has 0 bridgehead atoms. The summed E-state index contributed by atoms with van der Waals surface area (Å²) in [5, 5.41) is 3.16. The zero-order valence-electron chi connectivity index (χ0n) is 17.6. The molecule has 31 heavy (non-hydrogen) atoms. The van der Waals surface area contributed by atoms with E-state index in [9.17, 15) is 14.0 Å². The first-order chi connectivity index (χ1) is 14.9. The number of nitrogens with one attached hydrogen (secondary N) is 1. The summed E-state index contributed by atoms with van der Waals surface area (Å²) in [7, 11) is 2.99. The lowest BCUT2D eigenvalue weighted by Gasteiger charge is -2.11. The van der Waals surface area contributed by atoms with Crippen molar-refractivity contribution in [2.45, 2.75) is 13.8 Å². The molecule has 3 aromatic rings. The zero-order valence-corrected chi connectivity index (χ0v) is 18.4. The maximum atomic E-state index is 13.4. The maximum Gasteiger partial charge on any atom is 0.341 e. The summed E-state index contributed by atoms with van der Waals surface area (Å²) in [6, 6.07) is 10.6. The van der Waals surface area contributed by atoms with E-state index in [-0.39, 0.29) is 18.0 Å². The lowest BCUT2D eigenvalue weighted by atomic mass is 10.0. The van der Waals surface area contributed by atoms with Gasteiger partial charge in [0.15, 0.2) is 11.5 Å². The van der Waals surface area contributed by atoms with E-state index in [2.05, 4.69) is 5.32 Å². The number of ether oxygens (including phenoxy) is 3. The third kappa shape index (κ3) is 4.69. The van der Waals surface area contributed by atoms with Gasteiger partial charge >= 0.3 is 5.97 Å². The number of carbonyl (C=O) groups is 2. The molecule has 0 saturated heterocycles. The van der Waals surface area contributed by atoms with Crippen molar-refractivity contribution in [2.24, 2.45) is 0 Å². The molecule has 0 spiro atoms. The first kappa shape index (κ1) is 22.3. The van der Waals surface area contributed by atoms with Crippen molar-refractivity contribution in [3.63, 3.8) is 0 Å². The first-order valence-electron chi connectivity index (χ1n) is 9.49. The van der Waals surface area contributed by atoms with Crippen LogP contribution in [0.2, 0.25) is 0 Å².